The lowest BCUT2D eigenvalue weighted by molar-refractivity contribution is -0.163. The van der Waals surface area contributed by atoms with Crippen LogP contribution in [0.25, 0.3) is 0 Å². The molecule has 0 rings (SSSR count). The molecule has 0 heterocycles. The smallest absolute Gasteiger partial charge is 0.306 e. The molecule has 368 valence electrons. The van der Waals surface area contributed by atoms with Crippen LogP contribution in [0.5, 0.6) is 0 Å². The molecule has 0 aliphatic carbocycles. The first-order valence-electron chi connectivity index (χ1n) is 27.1. The molecule has 0 aromatic carbocycles. The van der Waals surface area contributed by atoms with Crippen molar-refractivity contribution in [3.63, 3.8) is 0 Å². The van der Waals surface area contributed by atoms with Gasteiger partial charge in [-0.25, -0.2) is 0 Å². The molecule has 0 bridgehead atoms. The predicted octanol–water partition coefficient (Wildman–Crippen LogP) is 18.5. The normalized spacial score (nSPS) is 12.9. The number of carbonyl (C=O) groups excluding carboxylic acids is 2. The van der Waals surface area contributed by atoms with Crippen molar-refractivity contribution in [2.24, 2.45) is 0 Å². The van der Waals surface area contributed by atoms with Crippen molar-refractivity contribution >= 4 is 11.9 Å². The summed E-state index contributed by atoms with van der Waals surface area (Å²) in [6.45, 7) is 7.57. The summed E-state index contributed by atoms with van der Waals surface area (Å²) >= 11 is 0. The molecule has 0 aromatic heterocycles. The molecule has 0 N–H and O–H groups in total. The van der Waals surface area contributed by atoms with E-state index in [0.717, 1.165) is 109 Å². The summed E-state index contributed by atoms with van der Waals surface area (Å²) in [6, 6.07) is 0. The summed E-state index contributed by atoms with van der Waals surface area (Å²) in [6.07, 6.45) is 71.6. The minimum absolute atomic E-state index is 0.0685. The van der Waals surface area contributed by atoms with Crippen LogP contribution in [0.3, 0.4) is 0 Å². The van der Waals surface area contributed by atoms with Gasteiger partial charge in [0.1, 0.15) is 6.61 Å². The molecule has 0 spiro atoms. The Morgan fingerprint density at radius 1 is 0.359 bits per heavy atom. The third-order valence-electron chi connectivity index (χ3n) is 11.4. The summed E-state index contributed by atoms with van der Waals surface area (Å²) in [5.41, 5.74) is 0. The van der Waals surface area contributed by atoms with Crippen LogP contribution >= 0.6 is 0 Å². The van der Waals surface area contributed by atoms with Gasteiger partial charge in [-0.2, -0.15) is 0 Å². The number of rotatable bonds is 49. The molecule has 0 aliphatic heterocycles. The average molecular weight is 891 g/mol. The van der Waals surface area contributed by atoms with Gasteiger partial charge in [0.25, 0.3) is 0 Å². The van der Waals surface area contributed by atoms with Crippen molar-refractivity contribution in [1.82, 2.24) is 0 Å². The second-order valence-corrected chi connectivity index (χ2v) is 17.7. The number of hydrogen-bond acceptors (Lipinski definition) is 5. The average Bonchev–Trinajstić information content (AvgIpc) is 3.30. The van der Waals surface area contributed by atoms with Crippen LogP contribution in [0.15, 0.2) is 85.1 Å². The zero-order chi connectivity index (χ0) is 46.3. The van der Waals surface area contributed by atoms with Crippen molar-refractivity contribution in [3.05, 3.63) is 85.1 Å². The largest absolute Gasteiger partial charge is 0.462 e. The standard InChI is InChI=1S/C59H102O5/c1-4-7-10-13-16-19-22-25-28-30-32-34-37-40-43-46-49-52-58(60)63-56-57(55-62-54-51-48-45-42-39-36-33-29-26-23-20-17-14-11-8-5-2)64-59(61)53-50-47-44-41-38-35-31-27-24-21-18-15-12-9-6-3/h7-8,10-11,16-17,19-20,25-29,31,57H,4-6,9,12-15,18,21-24,30,32-56H2,1-3H3/b10-7-,11-8-,19-16-,20-17-,28-25-,29-26-,31-27-. The van der Waals surface area contributed by atoms with E-state index in [4.69, 9.17) is 14.2 Å². The Kier molecular flexibility index (Phi) is 51.9. The first-order chi connectivity index (χ1) is 31.6. The summed E-state index contributed by atoms with van der Waals surface area (Å²) in [5, 5.41) is 0. The van der Waals surface area contributed by atoms with Gasteiger partial charge in [-0.3, -0.25) is 9.59 Å². The molecule has 5 nitrogen and oxygen atoms in total. The monoisotopic (exact) mass is 891 g/mol. The maximum Gasteiger partial charge on any atom is 0.306 e. The maximum absolute atomic E-state index is 12.8. The Morgan fingerprint density at radius 3 is 1.14 bits per heavy atom. The van der Waals surface area contributed by atoms with E-state index in [0.29, 0.717) is 19.4 Å². The van der Waals surface area contributed by atoms with E-state index in [-0.39, 0.29) is 25.2 Å². The molecule has 64 heavy (non-hydrogen) atoms. The van der Waals surface area contributed by atoms with E-state index in [9.17, 15) is 9.59 Å². The predicted molar refractivity (Wildman–Crippen MR) is 279 cm³/mol. The highest BCUT2D eigenvalue weighted by Gasteiger charge is 2.17. The Balaban J connectivity index is 4.32. The van der Waals surface area contributed by atoms with Crippen molar-refractivity contribution in [2.45, 2.75) is 258 Å². The molecule has 0 saturated carbocycles. The van der Waals surface area contributed by atoms with Gasteiger partial charge in [-0.05, 0) is 109 Å². The number of ether oxygens (including phenoxy) is 3. The van der Waals surface area contributed by atoms with Gasteiger partial charge in [0.15, 0.2) is 6.10 Å². The fourth-order valence-electron chi connectivity index (χ4n) is 7.42. The summed E-state index contributed by atoms with van der Waals surface area (Å²) in [5.74, 6) is -0.423. The van der Waals surface area contributed by atoms with Gasteiger partial charge in [-0.15, -0.1) is 0 Å². The highest BCUT2D eigenvalue weighted by molar-refractivity contribution is 5.70. The zero-order valence-corrected chi connectivity index (χ0v) is 42.3. The van der Waals surface area contributed by atoms with Gasteiger partial charge >= 0.3 is 11.9 Å². The fourth-order valence-corrected chi connectivity index (χ4v) is 7.42. The van der Waals surface area contributed by atoms with E-state index in [1.165, 1.54) is 109 Å². The van der Waals surface area contributed by atoms with Gasteiger partial charge in [0.05, 0.1) is 6.61 Å². The molecular weight excluding hydrogens is 789 g/mol. The minimum Gasteiger partial charge on any atom is -0.462 e. The minimum atomic E-state index is -0.555. The van der Waals surface area contributed by atoms with Gasteiger partial charge < -0.3 is 14.2 Å². The van der Waals surface area contributed by atoms with Crippen molar-refractivity contribution in [2.75, 3.05) is 19.8 Å². The van der Waals surface area contributed by atoms with Crippen LogP contribution in [0.1, 0.15) is 252 Å². The van der Waals surface area contributed by atoms with Crippen molar-refractivity contribution < 1.29 is 23.8 Å². The van der Waals surface area contributed by atoms with Crippen LogP contribution in [0, 0.1) is 0 Å². The maximum atomic E-state index is 12.8. The molecule has 1 unspecified atom stereocenters. The van der Waals surface area contributed by atoms with Gasteiger partial charge in [0, 0.05) is 19.4 Å². The lowest BCUT2D eigenvalue weighted by atomic mass is 10.1. The molecule has 0 aliphatic rings. The fraction of sp³-hybridized carbons (Fsp3) is 0.729. The third kappa shape index (κ3) is 51.7. The molecule has 1 atom stereocenters. The van der Waals surface area contributed by atoms with Gasteiger partial charge in [-0.1, -0.05) is 215 Å². The van der Waals surface area contributed by atoms with E-state index in [1.807, 2.05) is 0 Å². The summed E-state index contributed by atoms with van der Waals surface area (Å²) < 4.78 is 17.4. The molecule has 0 fully saturated rings. The molecule has 0 saturated heterocycles. The molecule has 0 radical (unpaired) electrons. The Morgan fingerprint density at radius 2 is 0.703 bits per heavy atom. The second kappa shape index (κ2) is 54.4. The Labute approximate surface area is 397 Å². The van der Waals surface area contributed by atoms with Crippen LogP contribution in [0.4, 0.5) is 0 Å². The second-order valence-electron chi connectivity index (χ2n) is 17.7. The van der Waals surface area contributed by atoms with Gasteiger partial charge in [0.2, 0.25) is 0 Å². The van der Waals surface area contributed by atoms with Crippen LogP contribution in [-0.2, 0) is 23.8 Å². The molecule has 0 amide bonds. The first-order valence-corrected chi connectivity index (χ1v) is 27.1. The van der Waals surface area contributed by atoms with E-state index in [2.05, 4.69) is 106 Å². The Bertz CT molecular complexity index is 1190. The summed E-state index contributed by atoms with van der Waals surface area (Å²) in [7, 11) is 0. The highest BCUT2D eigenvalue weighted by atomic mass is 16.6. The topological polar surface area (TPSA) is 61.8 Å². The quantitative estimate of drug-likeness (QED) is 0.0346. The van der Waals surface area contributed by atoms with Crippen LogP contribution < -0.4 is 0 Å². The number of unbranched alkanes of at least 4 members (excludes halogenated alkanes) is 24. The number of esters is 2. The zero-order valence-electron chi connectivity index (χ0n) is 42.3. The lowest BCUT2D eigenvalue weighted by Gasteiger charge is -2.18. The first kappa shape index (κ1) is 61.1. The van der Waals surface area contributed by atoms with E-state index >= 15 is 0 Å². The highest BCUT2D eigenvalue weighted by Crippen LogP contribution is 2.14. The lowest BCUT2D eigenvalue weighted by Crippen LogP contribution is -2.30. The summed E-state index contributed by atoms with van der Waals surface area (Å²) in [4.78, 5) is 25.5. The van der Waals surface area contributed by atoms with Crippen molar-refractivity contribution in [1.29, 1.82) is 0 Å². The number of hydrogen-bond donors (Lipinski definition) is 0. The number of allylic oxidation sites excluding steroid dienone is 14. The Hall–Kier alpha value is -2.92. The number of carbonyl (C=O) groups is 2. The van der Waals surface area contributed by atoms with Crippen LogP contribution in [-0.4, -0.2) is 37.9 Å². The van der Waals surface area contributed by atoms with Crippen molar-refractivity contribution in [3.8, 4) is 0 Å². The van der Waals surface area contributed by atoms with E-state index < -0.39 is 6.10 Å². The third-order valence-corrected chi connectivity index (χ3v) is 11.4. The van der Waals surface area contributed by atoms with E-state index in [1.54, 1.807) is 0 Å². The molecular formula is C59H102O5. The molecule has 0 aromatic rings. The SMILES string of the molecule is CC/C=C\C/C=C\C/C=C\CCCCCCCCCC(=O)OCC(COCCCCCCCC/C=C\C/C=C\C/C=C\CC)OC(=O)CCCCCCC/C=C\CCCCCCCC. The molecule has 5 heteroatoms. The van der Waals surface area contributed by atoms with Crippen LogP contribution in [0.2, 0.25) is 0 Å².